The predicted molar refractivity (Wildman–Crippen MR) is 143 cm³/mol. The lowest BCUT2D eigenvalue weighted by Gasteiger charge is -2.24. The molecule has 3 aromatic rings. The molecular formula is C27H29N3O7S. The van der Waals surface area contributed by atoms with Crippen LogP contribution in [0, 0.1) is 6.92 Å². The minimum absolute atomic E-state index is 0.0560. The SMILES string of the molecule is COc1ccc(S(=O)(=O)N(CC(=O)N/N=C(/C)c2ccc3c(c2)OCCO3)c2ccc(C)cc2)cc1OC. The van der Waals surface area contributed by atoms with E-state index >= 15 is 0 Å². The predicted octanol–water partition coefficient (Wildman–Crippen LogP) is 3.52. The molecule has 0 radical (unpaired) electrons. The lowest BCUT2D eigenvalue weighted by Crippen LogP contribution is -2.39. The van der Waals surface area contributed by atoms with E-state index in [1.54, 1.807) is 49.4 Å². The highest BCUT2D eigenvalue weighted by molar-refractivity contribution is 7.92. The number of hydrogen-bond acceptors (Lipinski definition) is 8. The highest BCUT2D eigenvalue weighted by Crippen LogP contribution is 2.33. The molecule has 0 aromatic heterocycles. The zero-order chi connectivity index (χ0) is 27.3. The molecule has 0 atom stereocenters. The number of amides is 1. The maximum Gasteiger partial charge on any atom is 0.264 e. The van der Waals surface area contributed by atoms with Crippen LogP contribution in [0.5, 0.6) is 23.0 Å². The molecule has 10 nitrogen and oxygen atoms in total. The Bertz CT molecular complexity index is 1450. The minimum atomic E-state index is -4.16. The van der Waals surface area contributed by atoms with Crippen LogP contribution in [0.3, 0.4) is 0 Å². The summed E-state index contributed by atoms with van der Waals surface area (Å²) in [6.07, 6.45) is 0. The smallest absolute Gasteiger partial charge is 0.264 e. The van der Waals surface area contributed by atoms with Crippen molar-refractivity contribution >= 4 is 27.3 Å². The van der Waals surface area contributed by atoms with Gasteiger partial charge in [0.15, 0.2) is 23.0 Å². The van der Waals surface area contributed by atoms with Crippen molar-refractivity contribution in [2.75, 3.05) is 38.3 Å². The third-order valence-corrected chi connectivity index (χ3v) is 7.63. The zero-order valence-electron chi connectivity index (χ0n) is 21.6. The Morgan fingerprint density at radius 2 is 1.63 bits per heavy atom. The van der Waals surface area contributed by atoms with Gasteiger partial charge in [-0.15, -0.1) is 0 Å². The highest BCUT2D eigenvalue weighted by atomic mass is 32.2. The lowest BCUT2D eigenvalue weighted by atomic mass is 10.1. The molecule has 1 heterocycles. The van der Waals surface area contributed by atoms with Crippen LogP contribution in [0.4, 0.5) is 5.69 Å². The fraction of sp³-hybridized carbons (Fsp3) is 0.259. The van der Waals surface area contributed by atoms with E-state index in [0.29, 0.717) is 41.9 Å². The van der Waals surface area contributed by atoms with Gasteiger partial charge in [-0.2, -0.15) is 5.10 Å². The van der Waals surface area contributed by atoms with Crippen LogP contribution in [0.1, 0.15) is 18.1 Å². The van der Waals surface area contributed by atoms with Crippen LogP contribution in [0.2, 0.25) is 0 Å². The summed E-state index contributed by atoms with van der Waals surface area (Å²) in [5.41, 5.74) is 4.97. The van der Waals surface area contributed by atoms with Gasteiger partial charge < -0.3 is 18.9 Å². The third kappa shape index (κ3) is 5.83. The minimum Gasteiger partial charge on any atom is -0.493 e. The van der Waals surface area contributed by atoms with E-state index in [0.717, 1.165) is 15.4 Å². The van der Waals surface area contributed by atoms with Crippen LogP contribution < -0.4 is 28.7 Å². The zero-order valence-corrected chi connectivity index (χ0v) is 22.4. The molecule has 0 saturated heterocycles. The largest absolute Gasteiger partial charge is 0.493 e. The van der Waals surface area contributed by atoms with Gasteiger partial charge in [0.25, 0.3) is 15.9 Å². The van der Waals surface area contributed by atoms with Crippen molar-refractivity contribution in [2.45, 2.75) is 18.7 Å². The van der Waals surface area contributed by atoms with Gasteiger partial charge in [-0.05, 0) is 56.3 Å². The maximum atomic E-state index is 13.7. The topological polar surface area (TPSA) is 116 Å². The number of nitrogens with zero attached hydrogens (tertiary/aromatic N) is 2. The summed E-state index contributed by atoms with van der Waals surface area (Å²) in [6.45, 7) is 4.05. The molecule has 38 heavy (non-hydrogen) atoms. The van der Waals surface area contributed by atoms with Crippen molar-refractivity contribution in [3.8, 4) is 23.0 Å². The van der Waals surface area contributed by atoms with Crippen molar-refractivity contribution < 1.29 is 32.2 Å². The van der Waals surface area contributed by atoms with Crippen molar-refractivity contribution in [3.63, 3.8) is 0 Å². The molecule has 1 aliphatic heterocycles. The van der Waals surface area contributed by atoms with Crippen molar-refractivity contribution in [2.24, 2.45) is 5.10 Å². The molecule has 4 rings (SSSR count). The van der Waals surface area contributed by atoms with E-state index in [9.17, 15) is 13.2 Å². The maximum absolute atomic E-state index is 13.7. The third-order valence-electron chi connectivity index (χ3n) is 5.86. The monoisotopic (exact) mass is 539 g/mol. The molecule has 11 heteroatoms. The first-order valence-corrected chi connectivity index (χ1v) is 13.2. The summed E-state index contributed by atoms with van der Waals surface area (Å²) in [5, 5.41) is 4.17. The van der Waals surface area contributed by atoms with E-state index in [1.807, 2.05) is 6.92 Å². The average Bonchev–Trinajstić information content (AvgIpc) is 2.94. The fourth-order valence-corrected chi connectivity index (χ4v) is 5.21. The van der Waals surface area contributed by atoms with Gasteiger partial charge in [-0.1, -0.05) is 17.7 Å². The number of carbonyl (C=O) groups is 1. The Balaban J connectivity index is 1.59. The second-order valence-electron chi connectivity index (χ2n) is 8.45. The molecule has 1 amide bonds. The van der Waals surface area contributed by atoms with Gasteiger partial charge in [0, 0.05) is 11.6 Å². The summed E-state index contributed by atoms with van der Waals surface area (Å²) in [4.78, 5) is 12.9. The Labute approximate surface area is 221 Å². The normalized spacial score (nSPS) is 13.0. The quantitative estimate of drug-likeness (QED) is 0.327. The average molecular weight is 540 g/mol. The number of ether oxygens (including phenoxy) is 4. The summed E-state index contributed by atoms with van der Waals surface area (Å²) in [7, 11) is -1.28. The van der Waals surface area contributed by atoms with Gasteiger partial charge in [-0.25, -0.2) is 13.8 Å². The van der Waals surface area contributed by atoms with Gasteiger partial charge in [-0.3, -0.25) is 9.10 Å². The van der Waals surface area contributed by atoms with Gasteiger partial charge in [0.05, 0.1) is 30.5 Å². The Hall–Kier alpha value is -4.25. The van der Waals surface area contributed by atoms with E-state index < -0.39 is 22.5 Å². The van der Waals surface area contributed by atoms with Crippen molar-refractivity contribution in [3.05, 3.63) is 71.8 Å². The molecule has 1 aliphatic rings. The molecule has 0 spiro atoms. The number of fused-ring (bicyclic) bond motifs is 1. The Kier molecular flexibility index (Phi) is 8.06. The fourth-order valence-electron chi connectivity index (χ4n) is 3.78. The molecule has 1 N–H and O–H groups in total. The molecule has 3 aromatic carbocycles. The van der Waals surface area contributed by atoms with Crippen molar-refractivity contribution in [1.82, 2.24) is 5.43 Å². The second kappa shape index (κ2) is 11.4. The highest BCUT2D eigenvalue weighted by Gasteiger charge is 2.28. The first-order valence-electron chi connectivity index (χ1n) is 11.8. The molecule has 0 saturated carbocycles. The Morgan fingerprint density at radius 1 is 0.947 bits per heavy atom. The molecule has 200 valence electrons. The second-order valence-corrected chi connectivity index (χ2v) is 10.3. The van der Waals surface area contributed by atoms with E-state index in [-0.39, 0.29) is 10.6 Å². The number of sulfonamides is 1. The summed E-state index contributed by atoms with van der Waals surface area (Å²) in [5.74, 6) is 1.26. The van der Waals surface area contributed by atoms with Gasteiger partial charge in [0.2, 0.25) is 0 Å². The Morgan fingerprint density at radius 3 is 2.32 bits per heavy atom. The number of aryl methyl sites for hydroxylation is 1. The number of benzene rings is 3. The number of hydrazone groups is 1. The molecule has 0 aliphatic carbocycles. The van der Waals surface area contributed by atoms with Crippen LogP contribution in [0.15, 0.2) is 70.7 Å². The van der Waals surface area contributed by atoms with Crippen molar-refractivity contribution in [1.29, 1.82) is 0 Å². The van der Waals surface area contributed by atoms with Crippen LogP contribution in [-0.2, 0) is 14.8 Å². The van der Waals surface area contributed by atoms with E-state index in [2.05, 4.69) is 10.5 Å². The summed E-state index contributed by atoms with van der Waals surface area (Å²) in [6, 6.07) is 16.5. The number of methoxy groups -OCH3 is 2. The first-order chi connectivity index (χ1) is 18.2. The van der Waals surface area contributed by atoms with E-state index in [1.165, 1.54) is 32.4 Å². The summed E-state index contributed by atoms with van der Waals surface area (Å²) < 4.78 is 50.1. The van der Waals surface area contributed by atoms with Gasteiger partial charge in [0.1, 0.15) is 19.8 Å². The summed E-state index contributed by atoms with van der Waals surface area (Å²) >= 11 is 0. The van der Waals surface area contributed by atoms with Crippen LogP contribution in [0.25, 0.3) is 0 Å². The lowest BCUT2D eigenvalue weighted by molar-refractivity contribution is -0.119. The number of rotatable bonds is 9. The standard InChI is InChI=1S/C27H29N3O7S/c1-18-5-8-21(9-6-18)30(38(32,33)22-10-12-23(34-3)25(16-22)35-4)17-27(31)29-28-19(2)20-7-11-24-26(15-20)37-14-13-36-24/h5-12,15-16H,13-14,17H2,1-4H3,(H,29,31)/b28-19-. The molecule has 0 unspecified atom stereocenters. The number of hydrogen-bond donors (Lipinski definition) is 1. The number of carbonyl (C=O) groups excluding carboxylic acids is 1. The first kappa shape index (κ1) is 26.8. The van der Waals surface area contributed by atoms with Gasteiger partial charge >= 0.3 is 0 Å². The van der Waals surface area contributed by atoms with Crippen LogP contribution >= 0.6 is 0 Å². The molecule has 0 bridgehead atoms. The molecule has 0 fully saturated rings. The molecular weight excluding hydrogens is 510 g/mol. The number of nitrogens with one attached hydrogen (secondary N) is 1. The van der Waals surface area contributed by atoms with Crippen LogP contribution in [-0.4, -0.2) is 54.0 Å². The number of anilines is 1. The van der Waals surface area contributed by atoms with E-state index in [4.69, 9.17) is 18.9 Å².